The van der Waals surface area contributed by atoms with Gasteiger partial charge in [-0.05, 0) is 28.7 Å². The first kappa shape index (κ1) is 31.2. The average molecular weight is 671 g/mol. The van der Waals surface area contributed by atoms with Gasteiger partial charge in [-0.2, -0.15) is 0 Å². The van der Waals surface area contributed by atoms with E-state index in [1.54, 1.807) is 6.07 Å². The maximum absolute atomic E-state index is 13.9. The van der Waals surface area contributed by atoms with Crippen molar-refractivity contribution in [2.75, 3.05) is 5.32 Å². The summed E-state index contributed by atoms with van der Waals surface area (Å²) >= 11 is 0. The zero-order chi connectivity index (χ0) is 34.6. The molecule has 4 bridgehead atoms. The predicted octanol–water partition coefficient (Wildman–Crippen LogP) is 6.18. The lowest BCUT2D eigenvalue weighted by molar-refractivity contribution is -0.124. The highest BCUT2D eigenvalue weighted by Crippen LogP contribution is 2.60. The Labute approximate surface area is 287 Å². The first-order valence-corrected chi connectivity index (χ1v) is 16.5. The number of fused-ring (bicyclic) bond motifs is 4. The van der Waals surface area contributed by atoms with Crippen molar-refractivity contribution >= 4 is 23.7 Å². The van der Waals surface area contributed by atoms with E-state index in [0.29, 0.717) is 16.9 Å². The van der Waals surface area contributed by atoms with E-state index in [4.69, 9.17) is 13.9 Å². The molecule has 2 amide bonds. The molecule has 0 saturated carbocycles. The van der Waals surface area contributed by atoms with Crippen LogP contribution >= 0.6 is 0 Å². The highest BCUT2D eigenvalue weighted by Gasteiger charge is 2.61. The fraction of sp³-hybridized carbons (Fsp3) is 0.231. The van der Waals surface area contributed by atoms with E-state index in [2.05, 4.69) is 20.9 Å². The molecule has 0 fully saturated rings. The van der Waals surface area contributed by atoms with Crippen LogP contribution in [-0.4, -0.2) is 40.3 Å². The van der Waals surface area contributed by atoms with Crippen LogP contribution in [0.5, 0.6) is 5.75 Å². The Morgan fingerprint density at radius 3 is 2.48 bits per heavy atom. The van der Waals surface area contributed by atoms with E-state index >= 15 is 0 Å². The van der Waals surface area contributed by atoms with Gasteiger partial charge < -0.3 is 34.9 Å². The molecule has 4 N–H and O–H groups in total. The fourth-order valence-electron chi connectivity index (χ4n) is 7.29. The molecule has 1 spiro atoms. The summed E-state index contributed by atoms with van der Waals surface area (Å²) in [6.45, 7) is 3.78. The van der Waals surface area contributed by atoms with Crippen LogP contribution < -0.4 is 20.7 Å². The van der Waals surface area contributed by atoms with E-state index in [0.717, 1.165) is 27.9 Å². The van der Waals surface area contributed by atoms with Crippen molar-refractivity contribution in [3.8, 4) is 16.9 Å². The summed E-state index contributed by atoms with van der Waals surface area (Å²) in [5.41, 5.74) is 4.10. The third-order valence-corrected chi connectivity index (χ3v) is 9.65. The highest BCUT2D eigenvalue weighted by atomic mass is 16.5. The third kappa shape index (κ3) is 5.04. The van der Waals surface area contributed by atoms with Crippen LogP contribution in [0.4, 0.5) is 10.5 Å². The van der Waals surface area contributed by atoms with Gasteiger partial charge >= 0.3 is 12.1 Å². The van der Waals surface area contributed by atoms with Gasteiger partial charge in [-0.3, -0.25) is 4.79 Å². The Hall–Kier alpha value is -6.10. The Morgan fingerprint density at radius 2 is 1.74 bits per heavy atom. The minimum atomic E-state index is -1.27. The van der Waals surface area contributed by atoms with Gasteiger partial charge in [0.2, 0.25) is 11.8 Å². The molecular formula is C39H34N4O7. The molecule has 0 saturated heterocycles. The number of carboxylic acid groups (broad SMARTS) is 1. The number of carboxylic acids is 1. The van der Waals surface area contributed by atoms with Gasteiger partial charge in [0.25, 0.3) is 0 Å². The number of benzene rings is 4. The lowest BCUT2D eigenvalue weighted by atomic mass is 9.72. The van der Waals surface area contributed by atoms with Crippen molar-refractivity contribution in [2.24, 2.45) is 5.92 Å². The first-order valence-electron chi connectivity index (χ1n) is 16.5. The molecule has 2 unspecified atom stereocenters. The number of para-hydroxylation sites is 1. The number of alkyl carbamates (subject to hydrolysis) is 1. The summed E-state index contributed by atoms with van der Waals surface area (Å²) in [5.74, 6) is -1.35. The molecule has 0 aliphatic carbocycles. The monoisotopic (exact) mass is 670 g/mol. The number of nitrogens with one attached hydrogen (secondary N) is 3. The standard InChI is InChI=1S/C39H34N4O7/c1-21(2)30-35-42-32(36(45)46)33(50-35)39-26-15-9-14-25(24-12-7-4-8-13-24)31(26)43-37(39)49-29-17-16-23(18-27(29)39)19-28(34(44)41-30)40-38(47)48-20-22-10-5-3-6-11-22/h3-18,21,28,30,37,43H,19-20H2,1-2H3,(H,40,47)(H,41,44)(H,45,46)/t28-,30-,37?,39?/m0/s1. The van der Waals surface area contributed by atoms with Crippen LogP contribution in [-0.2, 0) is 28.0 Å². The Morgan fingerprint density at radius 1 is 0.980 bits per heavy atom. The van der Waals surface area contributed by atoms with Gasteiger partial charge in [0.05, 0.1) is 0 Å². The van der Waals surface area contributed by atoms with E-state index in [1.165, 1.54) is 0 Å². The summed E-state index contributed by atoms with van der Waals surface area (Å²) in [5, 5.41) is 19.9. The van der Waals surface area contributed by atoms with Gasteiger partial charge in [0, 0.05) is 28.8 Å². The number of hydrogen-bond acceptors (Lipinski definition) is 8. The van der Waals surface area contributed by atoms with Crippen molar-refractivity contribution in [1.29, 1.82) is 0 Å². The number of anilines is 1. The van der Waals surface area contributed by atoms with Crippen molar-refractivity contribution in [1.82, 2.24) is 15.6 Å². The molecule has 4 heterocycles. The maximum Gasteiger partial charge on any atom is 0.408 e. The van der Waals surface area contributed by atoms with Crippen molar-refractivity contribution in [3.63, 3.8) is 0 Å². The average Bonchev–Trinajstić information content (AvgIpc) is 3.79. The summed E-state index contributed by atoms with van der Waals surface area (Å²) in [6.07, 6.45) is -1.41. The maximum atomic E-state index is 13.9. The Kier molecular flexibility index (Phi) is 7.55. The number of ether oxygens (including phenoxy) is 2. The summed E-state index contributed by atoms with van der Waals surface area (Å²) in [7, 11) is 0. The second-order valence-corrected chi connectivity index (χ2v) is 13.1. The smallest absolute Gasteiger partial charge is 0.408 e. The molecule has 3 aliphatic rings. The number of rotatable bonds is 6. The number of carbonyl (C=O) groups excluding carboxylic acids is 2. The Bertz CT molecular complexity index is 2130. The van der Waals surface area contributed by atoms with Crippen LogP contribution in [0.1, 0.15) is 64.3 Å². The largest absolute Gasteiger partial charge is 0.476 e. The third-order valence-electron chi connectivity index (χ3n) is 9.65. The van der Waals surface area contributed by atoms with E-state index in [1.807, 2.05) is 105 Å². The number of hydrogen-bond donors (Lipinski definition) is 4. The van der Waals surface area contributed by atoms with Crippen molar-refractivity contribution in [3.05, 3.63) is 137 Å². The molecule has 11 nitrogen and oxygen atoms in total. The second kappa shape index (κ2) is 12.1. The second-order valence-electron chi connectivity index (χ2n) is 13.1. The summed E-state index contributed by atoms with van der Waals surface area (Å²) < 4.78 is 18.6. The molecule has 1 aromatic heterocycles. The number of aromatic carboxylic acids is 1. The molecule has 3 aliphatic heterocycles. The lowest BCUT2D eigenvalue weighted by Gasteiger charge is -2.28. The summed E-state index contributed by atoms with van der Waals surface area (Å²) in [6, 6.07) is 28.7. The quantitative estimate of drug-likeness (QED) is 0.166. The van der Waals surface area contributed by atoms with Crippen LogP contribution in [0.3, 0.4) is 0 Å². The molecule has 4 atom stereocenters. The van der Waals surface area contributed by atoms with Gasteiger partial charge in [0.15, 0.2) is 17.7 Å². The number of carbonyl (C=O) groups is 3. The van der Waals surface area contributed by atoms with E-state index in [-0.39, 0.29) is 36.3 Å². The molecule has 0 radical (unpaired) electrons. The molecular weight excluding hydrogens is 636 g/mol. The minimum Gasteiger partial charge on any atom is -0.476 e. The van der Waals surface area contributed by atoms with Crippen LogP contribution in [0.2, 0.25) is 0 Å². The Balaban J connectivity index is 1.28. The first-order chi connectivity index (χ1) is 24.2. The number of amides is 2. The molecule has 11 heteroatoms. The van der Waals surface area contributed by atoms with Crippen molar-refractivity contribution in [2.45, 2.75) is 50.6 Å². The molecule has 5 aromatic rings. The number of aromatic nitrogens is 1. The molecule has 50 heavy (non-hydrogen) atoms. The van der Waals surface area contributed by atoms with Gasteiger partial charge in [-0.25, -0.2) is 14.6 Å². The zero-order valence-electron chi connectivity index (χ0n) is 27.3. The zero-order valence-corrected chi connectivity index (χ0v) is 27.3. The van der Waals surface area contributed by atoms with Crippen LogP contribution in [0, 0.1) is 5.92 Å². The van der Waals surface area contributed by atoms with Crippen LogP contribution in [0.25, 0.3) is 11.1 Å². The van der Waals surface area contributed by atoms with Crippen molar-refractivity contribution < 1.29 is 33.4 Å². The van der Waals surface area contributed by atoms with E-state index < -0.39 is 41.7 Å². The predicted molar refractivity (Wildman–Crippen MR) is 183 cm³/mol. The van der Waals surface area contributed by atoms with Gasteiger partial charge in [-0.15, -0.1) is 0 Å². The lowest BCUT2D eigenvalue weighted by Crippen LogP contribution is -2.49. The molecule has 8 rings (SSSR count). The number of oxazole rings is 1. The fourth-order valence-corrected chi connectivity index (χ4v) is 7.29. The van der Waals surface area contributed by atoms with Gasteiger partial charge in [-0.1, -0.05) is 105 Å². The topological polar surface area (TPSA) is 152 Å². The normalized spacial score (nSPS) is 21.4. The van der Waals surface area contributed by atoms with Crippen LogP contribution in [0.15, 0.2) is 101 Å². The SMILES string of the molecule is CC(C)[C@@H]1NC(=O)[C@@H](NC(=O)OCc2ccccc2)Cc2ccc3c(c2)C2(c4cccc(-c5ccccc5)c4NC2O3)c2oc1nc2C(=O)O. The summed E-state index contributed by atoms with van der Waals surface area (Å²) in [4.78, 5) is 44.5. The minimum absolute atomic E-state index is 0.0319. The van der Waals surface area contributed by atoms with E-state index in [9.17, 15) is 19.5 Å². The molecule has 252 valence electrons. The highest BCUT2D eigenvalue weighted by molar-refractivity contribution is 5.92. The number of nitrogens with zero attached hydrogens (tertiary/aromatic N) is 1. The van der Waals surface area contributed by atoms with Gasteiger partial charge in [0.1, 0.15) is 29.9 Å². The molecule has 4 aromatic carbocycles.